The van der Waals surface area contributed by atoms with Gasteiger partial charge in [0.25, 0.3) is 0 Å². The molecule has 1 aromatic rings. The van der Waals surface area contributed by atoms with Crippen LogP contribution >= 0.6 is 0 Å². The van der Waals surface area contributed by atoms with Gasteiger partial charge < -0.3 is 14.8 Å². The molecule has 0 aliphatic carbocycles. The normalized spacial score (nSPS) is 13.6. The number of hydrogen-bond donors (Lipinski definition) is 1. The summed E-state index contributed by atoms with van der Waals surface area (Å²) in [4.78, 5) is 15.7. The number of aliphatic imine (C=N–C) groups is 1. The van der Waals surface area contributed by atoms with Crippen LogP contribution in [0.25, 0.3) is 0 Å². The van der Waals surface area contributed by atoms with E-state index in [2.05, 4.69) is 17.2 Å². The minimum atomic E-state index is -0.421. The van der Waals surface area contributed by atoms with Gasteiger partial charge in [-0.1, -0.05) is 13.3 Å². The fourth-order valence-electron chi connectivity index (χ4n) is 1.69. The molecular weight excluding hydrogens is 244 g/mol. The van der Waals surface area contributed by atoms with Gasteiger partial charge in [-0.3, -0.25) is 0 Å². The van der Waals surface area contributed by atoms with Crippen LogP contribution < -0.4 is 10.1 Å². The van der Waals surface area contributed by atoms with Crippen LogP contribution in [0.3, 0.4) is 0 Å². The van der Waals surface area contributed by atoms with Crippen molar-refractivity contribution >= 4 is 12.0 Å². The van der Waals surface area contributed by atoms with E-state index in [4.69, 9.17) is 9.47 Å². The van der Waals surface area contributed by atoms with E-state index in [1.54, 1.807) is 12.1 Å². The molecule has 1 heterocycles. The maximum Gasteiger partial charge on any atom is 0.412 e. The Morgan fingerprint density at radius 2 is 2.21 bits per heavy atom. The molecule has 1 aliphatic heterocycles. The molecule has 1 N–H and O–H groups in total. The minimum Gasteiger partial charge on any atom is -0.476 e. The fraction of sp³-hybridized carbons (Fsp3) is 0.429. The molecule has 2 rings (SSSR count). The van der Waals surface area contributed by atoms with E-state index in [9.17, 15) is 4.79 Å². The standard InChI is InChI=1S/C14H18N2O3/c1-2-3-8-16-14(17)19-12-6-4-11(5-7-12)13-15-9-10-18-13/h4-7H,2-3,8-10H2,1H3,(H,16,17). The predicted molar refractivity (Wildman–Crippen MR) is 72.7 cm³/mol. The first-order chi connectivity index (χ1) is 9.29. The summed E-state index contributed by atoms with van der Waals surface area (Å²) in [6.07, 6.45) is 1.57. The van der Waals surface area contributed by atoms with Crippen molar-refractivity contribution in [2.75, 3.05) is 19.7 Å². The zero-order chi connectivity index (χ0) is 13.5. The first-order valence-electron chi connectivity index (χ1n) is 6.53. The van der Waals surface area contributed by atoms with E-state index < -0.39 is 6.09 Å². The zero-order valence-corrected chi connectivity index (χ0v) is 11.0. The molecule has 0 saturated heterocycles. The first-order valence-corrected chi connectivity index (χ1v) is 6.53. The number of carbonyl (C=O) groups excluding carboxylic acids is 1. The second kappa shape index (κ2) is 6.78. The summed E-state index contributed by atoms with van der Waals surface area (Å²) in [6, 6.07) is 7.13. The lowest BCUT2D eigenvalue weighted by atomic mass is 10.2. The summed E-state index contributed by atoms with van der Waals surface area (Å²) in [7, 11) is 0. The van der Waals surface area contributed by atoms with Gasteiger partial charge in [0.1, 0.15) is 12.4 Å². The molecule has 0 fully saturated rings. The number of nitrogens with one attached hydrogen (secondary N) is 1. The molecule has 19 heavy (non-hydrogen) atoms. The quantitative estimate of drug-likeness (QED) is 0.829. The van der Waals surface area contributed by atoms with E-state index in [-0.39, 0.29) is 0 Å². The number of nitrogens with zero attached hydrogens (tertiary/aromatic N) is 1. The van der Waals surface area contributed by atoms with Crippen LogP contribution in [0.5, 0.6) is 5.75 Å². The van der Waals surface area contributed by atoms with Crippen LogP contribution in [-0.2, 0) is 4.74 Å². The fourth-order valence-corrected chi connectivity index (χ4v) is 1.69. The molecule has 1 aliphatic rings. The Morgan fingerprint density at radius 3 is 2.84 bits per heavy atom. The van der Waals surface area contributed by atoms with E-state index in [0.717, 1.165) is 18.4 Å². The highest BCUT2D eigenvalue weighted by atomic mass is 16.6. The Bertz CT molecular complexity index is 454. The highest BCUT2D eigenvalue weighted by Crippen LogP contribution is 2.14. The third-order valence-corrected chi connectivity index (χ3v) is 2.70. The lowest BCUT2D eigenvalue weighted by molar-refractivity contribution is 0.200. The molecular formula is C14H18N2O3. The van der Waals surface area contributed by atoms with Crippen LogP contribution in [0.15, 0.2) is 29.3 Å². The number of benzene rings is 1. The maximum atomic E-state index is 11.4. The van der Waals surface area contributed by atoms with Crippen molar-refractivity contribution in [3.63, 3.8) is 0 Å². The highest BCUT2D eigenvalue weighted by molar-refractivity contribution is 5.95. The Morgan fingerprint density at radius 1 is 1.42 bits per heavy atom. The van der Waals surface area contributed by atoms with Gasteiger partial charge in [0.15, 0.2) is 0 Å². The van der Waals surface area contributed by atoms with Crippen molar-refractivity contribution in [2.45, 2.75) is 19.8 Å². The summed E-state index contributed by atoms with van der Waals surface area (Å²) in [5.41, 5.74) is 0.899. The van der Waals surface area contributed by atoms with Crippen LogP contribution in [0.4, 0.5) is 4.79 Å². The largest absolute Gasteiger partial charge is 0.476 e. The number of unbranched alkanes of at least 4 members (excludes halogenated alkanes) is 1. The van der Waals surface area contributed by atoms with Crippen LogP contribution in [-0.4, -0.2) is 31.7 Å². The highest BCUT2D eigenvalue weighted by Gasteiger charge is 2.10. The minimum absolute atomic E-state index is 0.421. The number of rotatable bonds is 5. The molecule has 1 aromatic carbocycles. The van der Waals surface area contributed by atoms with Gasteiger partial charge in [-0.25, -0.2) is 9.79 Å². The summed E-state index contributed by atoms with van der Waals surface area (Å²) >= 11 is 0. The molecule has 0 bridgehead atoms. The third kappa shape index (κ3) is 3.98. The van der Waals surface area contributed by atoms with Crippen molar-refractivity contribution < 1.29 is 14.3 Å². The van der Waals surface area contributed by atoms with E-state index in [0.29, 0.717) is 31.3 Å². The number of hydrogen-bond acceptors (Lipinski definition) is 4. The molecule has 5 heteroatoms. The molecule has 0 spiro atoms. The SMILES string of the molecule is CCCCNC(=O)Oc1ccc(C2=NCCO2)cc1. The van der Waals surface area contributed by atoms with Crippen molar-refractivity contribution in [1.29, 1.82) is 0 Å². The molecule has 0 unspecified atom stereocenters. The zero-order valence-electron chi connectivity index (χ0n) is 11.0. The smallest absolute Gasteiger partial charge is 0.412 e. The lowest BCUT2D eigenvalue weighted by Crippen LogP contribution is -2.27. The van der Waals surface area contributed by atoms with Gasteiger partial charge in [-0.15, -0.1) is 0 Å². The summed E-state index contributed by atoms with van der Waals surface area (Å²) in [6.45, 7) is 4.04. The monoisotopic (exact) mass is 262 g/mol. The van der Waals surface area contributed by atoms with E-state index in [1.807, 2.05) is 12.1 Å². The number of ether oxygens (including phenoxy) is 2. The average Bonchev–Trinajstić information content (AvgIpc) is 2.94. The van der Waals surface area contributed by atoms with Crippen molar-refractivity contribution in [3.8, 4) is 5.75 Å². The van der Waals surface area contributed by atoms with Crippen molar-refractivity contribution in [3.05, 3.63) is 29.8 Å². The number of carbonyl (C=O) groups is 1. The Kier molecular flexibility index (Phi) is 4.78. The van der Waals surface area contributed by atoms with Crippen LogP contribution in [0.2, 0.25) is 0 Å². The lowest BCUT2D eigenvalue weighted by Gasteiger charge is -2.07. The molecule has 5 nitrogen and oxygen atoms in total. The molecule has 0 aromatic heterocycles. The van der Waals surface area contributed by atoms with Crippen molar-refractivity contribution in [1.82, 2.24) is 5.32 Å². The molecule has 0 atom stereocenters. The van der Waals surface area contributed by atoms with Gasteiger partial charge in [-0.2, -0.15) is 0 Å². The summed E-state index contributed by atoms with van der Waals surface area (Å²) in [5, 5.41) is 2.69. The number of amides is 1. The van der Waals surface area contributed by atoms with E-state index in [1.165, 1.54) is 0 Å². The third-order valence-electron chi connectivity index (χ3n) is 2.70. The van der Waals surface area contributed by atoms with E-state index >= 15 is 0 Å². The first kappa shape index (κ1) is 13.4. The molecule has 0 radical (unpaired) electrons. The van der Waals surface area contributed by atoms with Gasteiger partial charge in [0, 0.05) is 12.1 Å². The Balaban J connectivity index is 1.86. The second-order valence-electron chi connectivity index (χ2n) is 4.23. The molecule has 1 amide bonds. The Labute approximate surface area is 112 Å². The molecule has 102 valence electrons. The van der Waals surface area contributed by atoms with Crippen LogP contribution in [0, 0.1) is 0 Å². The topological polar surface area (TPSA) is 59.9 Å². The summed E-state index contributed by atoms with van der Waals surface area (Å²) < 4.78 is 10.5. The van der Waals surface area contributed by atoms with Gasteiger partial charge in [0.2, 0.25) is 5.90 Å². The predicted octanol–water partition coefficient (Wildman–Crippen LogP) is 2.35. The summed E-state index contributed by atoms with van der Waals surface area (Å²) in [5.74, 6) is 1.16. The van der Waals surface area contributed by atoms with Gasteiger partial charge >= 0.3 is 6.09 Å². The van der Waals surface area contributed by atoms with Crippen LogP contribution in [0.1, 0.15) is 25.3 Å². The van der Waals surface area contributed by atoms with Gasteiger partial charge in [-0.05, 0) is 30.7 Å². The van der Waals surface area contributed by atoms with Gasteiger partial charge in [0.05, 0.1) is 6.54 Å². The average molecular weight is 262 g/mol. The van der Waals surface area contributed by atoms with Crippen molar-refractivity contribution in [2.24, 2.45) is 4.99 Å². The second-order valence-corrected chi connectivity index (χ2v) is 4.23. The Hall–Kier alpha value is -2.04. The maximum absolute atomic E-state index is 11.4. The molecule has 0 saturated carbocycles.